The number of rotatable bonds is 9. The Labute approximate surface area is 172 Å². The fourth-order valence-corrected chi connectivity index (χ4v) is 2.34. The van der Waals surface area contributed by atoms with Crippen molar-refractivity contribution in [2.75, 3.05) is 26.2 Å². The van der Waals surface area contributed by atoms with E-state index in [0.29, 0.717) is 32.1 Å². The van der Waals surface area contributed by atoms with Gasteiger partial charge in [-0.2, -0.15) is 0 Å². The summed E-state index contributed by atoms with van der Waals surface area (Å²) in [5, 5.41) is 16.5. The second-order valence-corrected chi connectivity index (χ2v) is 5.65. The topological polar surface area (TPSA) is 65.9 Å². The monoisotopic (exact) mass is 469 g/mol. The third-order valence-electron chi connectivity index (χ3n) is 3.52. The SMILES string of the molecule is CCNC(=NCC(O)Cc1ccccc1)NCCOc1ccccc1.I. The van der Waals surface area contributed by atoms with Crippen LogP contribution in [-0.4, -0.2) is 43.4 Å². The lowest BCUT2D eigenvalue weighted by atomic mass is 10.1. The molecule has 0 radical (unpaired) electrons. The first-order valence-corrected chi connectivity index (χ1v) is 8.70. The summed E-state index contributed by atoms with van der Waals surface area (Å²) in [6.07, 6.45) is 0.0966. The molecule has 0 heterocycles. The highest BCUT2D eigenvalue weighted by Crippen LogP contribution is 2.07. The molecule has 0 amide bonds. The molecule has 1 unspecified atom stereocenters. The maximum Gasteiger partial charge on any atom is 0.191 e. The van der Waals surface area contributed by atoms with E-state index in [1.54, 1.807) is 0 Å². The number of hydrogen-bond donors (Lipinski definition) is 3. The largest absolute Gasteiger partial charge is 0.492 e. The summed E-state index contributed by atoms with van der Waals surface area (Å²) in [6.45, 7) is 4.30. The fraction of sp³-hybridized carbons (Fsp3) is 0.350. The summed E-state index contributed by atoms with van der Waals surface area (Å²) < 4.78 is 5.64. The predicted molar refractivity (Wildman–Crippen MR) is 117 cm³/mol. The zero-order valence-electron chi connectivity index (χ0n) is 15.1. The van der Waals surface area contributed by atoms with Crippen molar-refractivity contribution < 1.29 is 9.84 Å². The summed E-state index contributed by atoms with van der Waals surface area (Å²) in [5.41, 5.74) is 1.11. The highest BCUT2D eigenvalue weighted by atomic mass is 127. The number of para-hydroxylation sites is 1. The Balaban J connectivity index is 0.00000338. The number of guanidine groups is 1. The Bertz CT molecular complexity index is 623. The molecule has 0 aromatic heterocycles. The van der Waals surface area contributed by atoms with Gasteiger partial charge in [-0.1, -0.05) is 48.5 Å². The lowest BCUT2D eigenvalue weighted by Crippen LogP contribution is -2.40. The minimum absolute atomic E-state index is 0. The van der Waals surface area contributed by atoms with Crippen molar-refractivity contribution in [3.8, 4) is 5.75 Å². The van der Waals surface area contributed by atoms with Crippen molar-refractivity contribution in [3.63, 3.8) is 0 Å². The van der Waals surface area contributed by atoms with Gasteiger partial charge in [0.25, 0.3) is 0 Å². The number of aliphatic hydroxyl groups is 1. The van der Waals surface area contributed by atoms with Gasteiger partial charge in [0.1, 0.15) is 12.4 Å². The van der Waals surface area contributed by atoms with E-state index >= 15 is 0 Å². The van der Waals surface area contributed by atoms with Crippen molar-refractivity contribution in [2.24, 2.45) is 4.99 Å². The maximum absolute atomic E-state index is 10.2. The molecule has 0 bridgehead atoms. The van der Waals surface area contributed by atoms with Gasteiger partial charge in [-0.3, -0.25) is 4.99 Å². The van der Waals surface area contributed by atoms with Gasteiger partial charge >= 0.3 is 0 Å². The fourth-order valence-electron chi connectivity index (χ4n) is 2.34. The number of benzene rings is 2. The molecule has 0 spiro atoms. The summed E-state index contributed by atoms with van der Waals surface area (Å²) in [7, 11) is 0. The summed E-state index contributed by atoms with van der Waals surface area (Å²) >= 11 is 0. The summed E-state index contributed by atoms with van der Waals surface area (Å²) in [5.74, 6) is 1.54. The maximum atomic E-state index is 10.2. The van der Waals surface area contributed by atoms with E-state index in [0.717, 1.165) is 17.9 Å². The minimum atomic E-state index is -0.501. The quantitative estimate of drug-likeness (QED) is 0.229. The molecule has 1 atom stereocenters. The van der Waals surface area contributed by atoms with E-state index in [1.807, 2.05) is 67.6 Å². The van der Waals surface area contributed by atoms with Crippen LogP contribution < -0.4 is 15.4 Å². The smallest absolute Gasteiger partial charge is 0.191 e. The molecule has 2 aromatic carbocycles. The molecule has 2 rings (SSSR count). The van der Waals surface area contributed by atoms with Crippen molar-refractivity contribution in [3.05, 3.63) is 66.2 Å². The summed E-state index contributed by atoms with van der Waals surface area (Å²) in [6, 6.07) is 19.7. The Hall–Kier alpha value is -1.80. The van der Waals surface area contributed by atoms with Gasteiger partial charge in [0.2, 0.25) is 0 Å². The molecule has 5 nitrogen and oxygen atoms in total. The van der Waals surface area contributed by atoms with Gasteiger partial charge in [0, 0.05) is 13.0 Å². The third kappa shape index (κ3) is 9.05. The van der Waals surface area contributed by atoms with Gasteiger partial charge in [-0.25, -0.2) is 0 Å². The Morgan fingerprint density at radius 3 is 2.35 bits per heavy atom. The van der Waals surface area contributed by atoms with E-state index in [2.05, 4.69) is 15.6 Å². The van der Waals surface area contributed by atoms with E-state index in [9.17, 15) is 5.11 Å². The highest BCUT2D eigenvalue weighted by molar-refractivity contribution is 14.0. The van der Waals surface area contributed by atoms with Crippen molar-refractivity contribution in [1.82, 2.24) is 10.6 Å². The van der Waals surface area contributed by atoms with Crippen LogP contribution in [0, 0.1) is 0 Å². The lowest BCUT2D eigenvalue weighted by molar-refractivity contribution is 0.183. The third-order valence-corrected chi connectivity index (χ3v) is 3.52. The van der Waals surface area contributed by atoms with Gasteiger partial charge in [0.05, 0.1) is 19.2 Å². The average Bonchev–Trinajstić information content (AvgIpc) is 2.65. The number of ether oxygens (including phenoxy) is 1. The molecule has 0 saturated heterocycles. The number of aliphatic imine (C=N–C) groups is 1. The number of aliphatic hydroxyl groups excluding tert-OH is 1. The van der Waals surface area contributed by atoms with Crippen LogP contribution in [0.5, 0.6) is 5.75 Å². The Morgan fingerprint density at radius 1 is 1.04 bits per heavy atom. The van der Waals surface area contributed by atoms with Crippen molar-refractivity contribution >= 4 is 29.9 Å². The molecule has 142 valence electrons. The number of nitrogens with zero attached hydrogens (tertiary/aromatic N) is 1. The first-order valence-electron chi connectivity index (χ1n) is 8.70. The Morgan fingerprint density at radius 2 is 1.69 bits per heavy atom. The standard InChI is InChI=1S/C20H27N3O2.HI/c1-2-21-20(22-13-14-25-19-11-7-4-8-12-19)23-16-18(24)15-17-9-5-3-6-10-17;/h3-12,18,24H,2,13-16H2,1H3,(H2,21,22,23);1H. The number of halogens is 1. The lowest BCUT2D eigenvalue weighted by Gasteiger charge is -2.13. The van der Waals surface area contributed by atoms with Crippen LogP contribution in [-0.2, 0) is 6.42 Å². The van der Waals surface area contributed by atoms with E-state index in [-0.39, 0.29) is 24.0 Å². The van der Waals surface area contributed by atoms with Crippen molar-refractivity contribution in [1.29, 1.82) is 0 Å². The molecule has 3 N–H and O–H groups in total. The normalized spacial score (nSPS) is 12.0. The van der Waals surface area contributed by atoms with Crippen LogP contribution in [0.3, 0.4) is 0 Å². The molecule has 6 heteroatoms. The second kappa shape index (κ2) is 13.4. The van der Waals surface area contributed by atoms with Gasteiger partial charge in [-0.15, -0.1) is 24.0 Å². The van der Waals surface area contributed by atoms with Crippen LogP contribution >= 0.6 is 24.0 Å². The van der Waals surface area contributed by atoms with E-state index < -0.39 is 6.10 Å². The molecule has 0 aliphatic heterocycles. The predicted octanol–water partition coefficient (Wildman–Crippen LogP) is 2.84. The average molecular weight is 469 g/mol. The molecule has 0 aliphatic rings. The van der Waals surface area contributed by atoms with Crippen molar-refractivity contribution in [2.45, 2.75) is 19.4 Å². The summed E-state index contributed by atoms with van der Waals surface area (Å²) in [4.78, 5) is 4.44. The highest BCUT2D eigenvalue weighted by Gasteiger charge is 2.05. The molecule has 0 fully saturated rings. The molecular formula is C20H28IN3O2. The molecular weight excluding hydrogens is 441 g/mol. The van der Waals surface area contributed by atoms with Crippen LogP contribution in [0.15, 0.2) is 65.7 Å². The van der Waals surface area contributed by atoms with Gasteiger partial charge in [-0.05, 0) is 24.6 Å². The van der Waals surface area contributed by atoms with E-state index in [1.165, 1.54) is 0 Å². The zero-order valence-corrected chi connectivity index (χ0v) is 17.4. The number of hydrogen-bond acceptors (Lipinski definition) is 3. The van der Waals surface area contributed by atoms with Crippen LogP contribution in [0.25, 0.3) is 0 Å². The van der Waals surface area contributed by atoms with Crippen LogP contribution in [0.4, 0.5) is 0 Å². The van der Waals surface area contributed by atoms with Crippen LogP contribution in [0.1, 0.15) is 12.5 Å². The molecule has 26 heavy (non-hydrogen) atoms. The minimum Gasteiger partial charge on any atom is -0.492 e. The molecule has 2 aromatic rings. The molecule has 0 aliphatic carbocycles. The molecule has 0 saturated carbocycles. The zero-order chi connectivity index (χ0) is 17.7. The van der Waals surface area contributed by atoms with Gasteiger partial charge in [0.15, 0.2) is 5.96 Å². The Kier molecular flexibility index (Phi) is 11.5. The second-order valence-electron chi connectivity index (χ2n) is 5.65. The van der Waals surface area contributed by atoms with Gasteiger partial charge < -0.3 is 20.5 Å². The first-order chi connectivity index (χ1) is 12.3. The van der Waals surface area contributed by atoms with E-state index in [4.69, 9.17) is 4.74 Å². The first kappa shape index (κ1) is 22.2. The van der Waals surface area contributed by atoms with Crippen LogP contribution in [0.2, 0.25) is 0 Å². The number of nitrogens with one attached hydrogen (secondary N) is 2.